The monoisotopic (exact) mass is 386 g/mol. The largest absolute Gasteiger partial charge is 0.488 e. The maximum atomic E-state index is 11.4. The third-order valence-corrected chi connectivity index (χ3v) is 3.79. The summed E-state index contributed by atoms with van der Waals surface area (Å²) in [5.41, 5.74) is 1.61. The lowest BCUT2D eigenvalue weighted by molar-refractivity contribution is 0.101. The molecule has 0 fully saturated rings. The van der Waals surface area contributed by atoms with Crippen LogP contribution in [-0.2, 0) is 6.61 Å². The van der Waals surface area contributed by atoms with E-state index in [0.717, 1.165) is 9.13 Å². The van der Waals surface area contributed by atoms with Crippen LogP contribution in [0.25, 0.3) is 0 Å². The van der Waals surface area contributed by atoms with Gasteiger partial charge in [0.25, 0.3) is 0 Å². The van der Waals surface area contributed by atoms with E-state index >= 15 is 0 Å². The molecule has 0 saturated heterocycles. The van der Waals surface area contributed by atoms with Crippen LogP contribution in [0.5, 0.6) is 5.75 Å². The molecule has 2 rings (SSSR count). The third kappa shape index (κ3) is 3.70. The molecule has 0 aliphatic heterocycles. The first-order valence-electron chi connectivity index (χ1n) is 5.74. The van der Waals surface area contributed by atoms with Crippen molar-refractivity contribution in [1.82, 2.24) is 0 Å². The van der Waals surface area contributed by atoms with Crippen LogP contribution in [0.3, 0.4) is 0 Å². The molecule has 0 radical (unpaired) electrons. The number of carbonyl (C=O) groups is 1. The van der Waals surface area contributed by atoms with E-state index in [4.69, 9.17) is 16.3 Å². The second-order valence-corrected chi connectivity index (χ2v) is 5.66. The molecule has 0 aliphatic carbocycles. The molecular weight excluding hydrogens is 375 g/mol. The standard InChI is InChI=1S/C15H12ClIO2/c1-10(18)12-7-14(17)15(8-13(12)16)19-9-11-5-3-2-4-6-11/h2-8H,9H2,1H3. The Morgan fingerprint density at radius 2 is 1.95 bits per heavy atom. The number of hydrogen-bond donors (Lipinski definition) is 0. The molecule has 0 aromatic heterocycles. The molecule has 2 aromatic rings. The molecule has 0 N–H and O–H groups in total. The molecule has 19 heavy (non-hydrogen) atoms. The summed E-state index contributed by atoms with van der Waals surface area (Å²) in [4.78, 5) is 11.4. The van der Waals surface area contributed by atoms with Gasteiger partial charge in [0.2, 0.25) is 0 Å². The number of ketones is 1. The van der Waals surface area contributed by atoms with Crippen LogP contribution in [0.1, 0.15) is 22.8 Å². The van der Waals surface area contributed by atoms with E-state index in [0.29, 0.717) is 22.9 Å². The Bertz CT molecular complexity index is 597. The Balaban J connectivity index is 2.17. The maximum absolute atomic E-state index is 11.4. The van der Waals surface area contributed by atoms with E-state index in [1.807, 2.05) is 30.3 Å². The quantitative estimate of drug-likeness (QED) is 0.561. The number of carbonyl (C=O) groups excluding carboxylic acids is 1. The van der Waals surface area contributed by atoms with Gasteiger partial charge in [-0.15, -0.1) is 0 Å². The van der Waals surface area contributed by atoms with Gasteiger partial charge in [-0.25, -0.2) is 0 Å². The van der Waals surface area contributed by atoms with Crippen molar-refractivity contribution in [3.05, 3.63) is 62.2 Å². The average Bonchev–Trinajstić information content (AvgIpc) is 2.40. The van der Waals surface area contributed by atoms with E-state index in [9.17, 15) is 4.79 Å². The molecule has 0 spiro atoms. The van der Waals surface area contributed by atoms with Crippen LogP contribution in [0, 0.1) is 3.57 Å². The summed E-state index contributed by atoms with van der Waals surface area (Å²) in [5, 5.41) is 0.427. The van der Waals surface area contributed by atoms with Crippen molar-refractivity contribution in [2.45, 2.75) is 13.5 Å². The highest BCUT2D eigenvalue weighted by Gasteiger charge is 2.11. The highest BCUT2D eigenvalue weighted by atomic mass is 127. The van der Waals surface area contributed by atoms with Crippen molar-refractivity contribution < 1.29 is 9.53 Å². The lowest BCUT2D eigenvalue weighted by Gasteiger charge is -2.10. The number of benzene rings is 2. The summed E-state index contributed by atoms with van der Waals surface area (Å²) in [6, 6.07) is 13.3. The lowest BCUT2D eigenvalue weighted by atomic mass is 10.1. The molecule has 4 heteroatoms. The Morgan fingerprint density at radius 3 is 2.58 bits per heavy atom. The van der Waals surface area contributed by atoms with Crippen molar-refractivity contribution >= 4 is 40.0 Å². The summed E-state index contributed by atoms with van der Waals surface area (Å²) >= 11 is 8.22. The minimum Gasteiger partial charge on any atom is -0.488 e. The number of Topliss-reactive ketones (excluding diaryl/α,β-unsaturated/α-hetero) is 1. The summed E-state index contributed by atoms with van der Waals surface area (Å²) in [6.45, 7) is 1.98. The SMILES string of the molecule is CC(=O)c1cc(I)c(OCc2ccccc2)cc1Cl. The van der Waals surface area contributed by atoms with E-state index in [2.05, 4.69) is 22.6 Å². The van der Waals surface area contributed by atoms with Crippen LogP contribution >= 0.6 is 34.2 Å². The first kappa shape index (κ1) is 14.3. The summed E-state index contributed by atoms with van der Waals surface area (Å²) in [7, 11) is 0. The van der Waals surface area contributed by atoms with Crippen LogP contribution in [0.2, 0.25) is 5.02 Å². The average molecular weight is 387 g/mol. The van der Waals surface area contributed by atoms with E-state index in [-0.39, 0.29) is 5.78 Å². The molecule has 0 aliphatic rings. The summed E-state index contributed by atoms with van der Waals surface area (Å²) in [6.07, 6.45) is 0. The lowest BCUT2D eigenvalue weighted by Crippen LogP contribution is -2.00. The van der Waals surface area contributed by atoms with Gasteiger partial charge in [-0.1, -0.05) is 41.9 Å². The molecule has 98 valence electrons. The number of halogens is 2. The zero-order chi connectivity index (χ0) is 13.8. The first-order chi connectivity index (χ1) is 9.08. The van der Waals surface area contributed by atoms with Gasteiger partial charge in [0.05, 0.1) is 8.59 Å². The summed E-state index contributed by atoms with van der Waals surface area (Å²) < 4.78 is 6.61. The van der Waals surface area contributed by atoms with Crippen molar-refractivity contribution in [2.24, 2.45) is 0 Å². The number of rotatable bonds is 4. The molecule has 2 aromatic carbocycles. The topological polar surface area (TPSA) is 26.3 Å². The van der Waals surface area contributed by atoms with Crippen molar-refractivity contribution in [3.8, 4) is 5.75 Å². The van der Waals surface area contributed by atoms with Crippen LogP contribution in [-0.4, -0.2) is 5.78 Å². The van der Waals surface area contributed by atoms with Gasteiger partial charge < -0.3 is 4.74 Å². The maximum Gasteiger partial charge on any atom is 0.161 e. The highest BCUT2D eigenvalue weighted by molar-refractivity contribution is 14.1. The van der Waals surface area contributed by atoms with E-state index in [1.165, 1.54) is 6.92 Å². The predicted octanol–water partition coefficient (Wildman–Crippen LogP) is 4.73. The van der Waals surface area contributed by atoms with Crippen LogP contribution in [0.15, 0.2) is 42.5 Å². The second kappa shape index (κ2) is 6.39. The van der Waals surface area contributed by atoms with Gasteiger partial charge in [-0.3, -0.25) is 4.79 Å². The fourth-order valence-electron chi connectivity index (χ4n) is 1.64. The second-order valence-electron chi connectivity index (χ2n) is 4.09. The molecule has 0 saturated carbocycles. The van der Waals surface area contributed by atoms with Gasteiger partial charge in [0.15, 0.2) is 5.78 Å². The molecule has 2 nitrogen and oxygen atoms in total. The molecular formula is C15H12ClIO2. The minimum absolute atomic E-state index is 0.0440. The molecule has 0 atom stereocenters. The molecule has 0 unspecified atom stereocenters. The molecule has 0 amide bonds. The Hall–Kier alpha value is -1.07. The van der Waals surface area contributed by atoms with Crippen LogP contribution in [0.4, 0.5) is 0 Å². The minimum atomic E-state index is -0.0440. The molecule has 0 heterocycles. The van der Waals surface area contributed by atoms with Gasteiger partial charge >= 0.3 is 0 Å². The highest BCUT2D eigenvalue weighted by Crippen LogP contribution is 2.29. The normalized spacial score (nSPS) is 10.3. The van der Waals surface area contributed by atoms with Gasteiger partial charge in [0, 0.05) is 11.6 Å². The third-order valence-electron chi connectivity index (χ3n) is 2.64. The Kier molecular flexibility index (Phi) is 4.82. The predicted molar refractivity (Wildman–Crippen MR) is 84.9 cm³/mol. The zero-order valence-electron chi connectivity index (χ0n) is 10.3. The van der Waals surface area contributed by atoms with Crippen molar-refractivity contribution in [3.63, 3.8) is 0 Å². The first-order valence-corrected chi connectivity index (χ1v) is 7.20. The number of hydrogen-bond acceptors (Lipinski definition) is 2. The smallest absolute Gasteiger partial charge is 0.161 e. The van der Waals surface area contributed by atoms with E-state index < -0.39 is 0 Å². The Morgan fingerprint density at radius 1 is 1.26 bits per heavy atom. The van der Waals surface area contributed by atoms with Crippen molar-refractivity contribution in [2.75, 3.05) is 0 Å². The molecule has 0 bridgehead atoms. The fraction of sp³-hybridized carbons (Fsp3) is 0.133. The van der Waals surface area contributed by atoms with E-state index in [1.54, 1.807) is 12.1 Å². The van der Waals surface area contributed by atoms with Crippen molar-refractivity contribution in [1.29, 1.82) is 0 Å². The fourth-order valence-corrected chi connectivity index (χ4v) is 2.55. The van der Waals surface area contributed by atoms with Gasteiger partial charge in [-0.2, -0.15) is 0 Å². The van der Waals surface area contributed by atoms with Gasteiger partial charge in [0.1, 0.15) is 12.4 Å². The number of ether oxygens (including phenoxy) is 1. The zero-order valence-corrected chi connectivity index (χ0v) is 13.2. The Labute approximate surface area is 130 Å². The van der Waals surface area contributed by atoms with Crippen LogP contribution < -0.4 is 4.74 Å². The summed E-state index contributed by atoms with van der Waals surface area (Å²) in [5.74, 6) is 0.650. The van der Waals surface area contributed by atoms with Gasteiger partial charge in [-0.05, 0) is 41.1 Å².